The van der Waals surface area contributed by atoms with E-state index in [-0.39, 0.29) is 0 Å². The fraction of sp³-hybridized carbons (Fsp3) is 1.00. The lowest BCUT2D eigenvalue weighted by atomic mass is 9.70. The van der Waals surface area contributed by atoms with Crippen LogP contribution in [0.3, 0.4) is 0 Å². The van der Waals surface area contributed by atoms with Crippen LogP contribution in [0.15, 0.2) is 0 Å². The van der Waals surface area contributed by atoms with Crippen LogP contribution in [-0.2, 0) is 0 Å². The fourth-order valence-electron chi connectivity index (χ4n) is 3.82. The van der Waals surface area contributed by atoms with Crippen molar-refractivity contribution in [2.24, 2.45) is 17.1 Å². The molecule has 2 rings (SSSR count). The Bertz CT molecular complexity index is 308. The van der Waals surface area contributed by atoms with Crippen molar-refractivity contribution in [2.45, 2.75) is 39.2 Å². The molecule has 1 saturated carbocycles. The summed E-state index contributed by atoms with van der Waals surface area (Å²) in [6.07, 6.45) is 3.80. The van der Waals surface area contributed by atoms with Crippen molar-refractivity contribution < 1.29 is 0 Å². The highest BCUT2D eigenvalue weighted by Gasteiger charge is 2.34. The molecule has 2 unspecified atom stereocenters. The van der Waals surface area contributed by atoms with E-state index in [1.165, 1.54) is 65.1 Å². The minimum atomic E-state index is 0.421. The maximum absolute atomic E-state index is 6.38. The van der Waals surface area contributed by atoms with Crippen LogP contribution < -0.4 is 5.73 Å². The van der Waals surface area contributed by atoms with Gasteiger partial charge in [-0.15, -0.1) is 0 Å². The fourth-order valence-corrected chi connectivity index (χ4v) is 3.82. The van der Waals surface area contributed by atoms with Gasteiger partial charge in [-0.2, -0.15) is 0 Å². The van der Waals surface area contributed by atoms with E-state index in [4.69, 9.17) is 5.73 Å². The first-order chi connectivity index (χ1) is 9.85. The molecule has 0 radical (unpaired) electrons. The second kappa shape index (κ2) is 7.40. The van der Waals surface area contributed by atoms with Gasteiger partial charge in [0.05, 0.1) is 0 Å². The molecular weight excluding hydrogens is 260 g/mol. The molecule has 1 heterocycles. The number of piperazine rings is 1. The third kappa shape index (κ3) is 5.51. The van der Waals surface area contributed by atoms with Gasteiger partial charge in [0.15, 0.2) is 0 Å². The minimum Gasteiger partial charge on any atom is -0.327 e. The standard InChI is InChI=1S/C17H36N4/c1-17(2)6-5-16(18)15(13-17)14-21-11-9-20(10-12-21)8-7-19(3)4/h15-16H,5-14,18H2,1-4H3. The van der Waals surface area contributed by atoms with Crippen LogP contribution in [0, 0.1) is 11.3 Å². The van der Waals surface area contributed by atoms with Crippen molar-refractivity contribution in [1.29, 1.82) is 0 Å². The van der Waals surface area contributed by atoms with Crippen LogP contribution in [0.5, 0.6) is 0 Å². The molecule has 1 saturated heterocycles. The molecule has 124 valence electrons. The zero-order chi connectivity index (χ0) is 15.5. The van der Waals surface area contributed by atoms with Crippen molar-refractivity contribution in [1.82, 2.24) is 14.7 Å². The van der Waals surface area contributed by atoms with Crippen molar-refractivity contribution in [3.05, 3.63) is 0 Å². The van der Waals surface area contributed by atoms with E-state index in [1.807, 2.05) is 0 Å². The summed E-state index contributed by atoms with van der Waals surface area (Å²) in [5.74, 6) is 0.696. The Balaban J connectivity index is 1.72. The molecule has 1 aliphatic carbocycles. The van der Waals surface area contributed by atoms with Crippen molar-refractivity contribution in [3.8, 4) is 0 Å². The molecular formula is C17H36N4. The van der Waals surface area contributed by atoms with E-state index in [0.717, 1.165) is 0 Å². The molecule has 1 aliphatic heterocycles. The predicted molar refractivity (Wildman–Crippen MR) is 90.5 cm³/mol. The summed E-state index contributed by atoms with van der Waals surface area (Å²) in [4.78, 5) is 7.52. The van der Waals surface area contributed by atoms with Gasteiger partial charge in [-0.3, -0.25) is 4.90 Å². The van der Waals surface area contributed by atoms with Gasteiger partial charge < -0.3 is 15.5 Å². The van der Waals surface area contributed by atoms with Gasteiger partial charge in [0.1, 0.15) is 0 Å². The quantitative estimate of drug-likeness (QED) is 0.830. The van der Waals surface area contributed by atoms with Gasteiger partial charge in [-0.25, -0.2) is 0 Å². The molecule has 0 aromatic heterocycles. The molecule has 0 amide bonds. The van der Waals surface area contributed by atoms with Crippen LogP contribution in [0.25, 0.3) is 0 Å². The minimum absolute atomic E-state index is 0.421. The topological polar surface area (TPSA) is 35.7 Å². The zero-order valence-electron chi connectivity index (χ0n) is 14.6. The van der Waals surface area contributed by atoms with Crippen LogP contribution in [0.2, 0.25) is 0 Å². The summed E-state index contributed by atoms with van der Waals surface area (Å²) in [5, 5.41) is 0. The first kappa shape index (κ1) is 17.2. The van der Waals surface area contributed by atoms with Gasteiger partial charge in [-0.05, 0) is 44.7 Å². The van der Waals surface area contributed by atoms with E-state index < -0.39 is 0 Å². The molecule has 2 N–H and O–H groups in total. The van der Waals surface area contributed by atoms with E-state index >= 15 is 0 Å². The molecule has 0 spiro atoms. The predicted octanol–water partition coefficient (Wildman–Crippen LogP) is 1.32. The Morgan fingerprint density at radius 3 is 2.33 bits per heavy atom. The Hall–Kier alpha value is -0.160. The highest BCUT2D eigenvalue weighted by Crippen LogP contribution is 2.38. The van der Waals surface area contributed by atoms with Gasteiger partial charge in [-0.1, -0.05) is 13.8 Å². The van der Waals surface area contributed by atoms with Crippen LogP contribution in [0.4, 0.5) is 0 Å². The van der Waals surface area contributed by atoms with Gasteiger partial charge >= 0.3 is 0 Å². The van der Waals surface area contributed by atoms with Gasteiger partial charge in [0.25, 0.3) is 0 Å². The second-order valence-corrected chi connectivity index (χ2v) is 8.28. The molecule has 21 heavy (non-hydrogen) atoms. The summed E-state index contributed by atoms with van der Waals surface area (Å²) < 4.78 is 0. The molecule has 4 nitrogen and oxygen atoms in total. The molecule has 0 aromatic carbocycles. The number of hydrogen-bond donors (Lipinski definition) is 1. The highest BCUT2D eigenvalue weighted by atomic mass is 15.3. The largest absolute Gasteiger partial charge is 0.327 e. The van der Waals surface area contributed by atoms with Crippen LogP contribution >= 0.6 is 0 Å². The first-order valence-corrected chi connectivity index (χ1v) is 8.71. The molecule has 0 bridgehead atoms. The summed E-state index contributed by atoms with van der Waals surface area (Å²) >= 11 is 0. The monoisotopic (exact) mass is 296 g/mol. The lowest BCUT2D eigenvalue weighted by Gasteiger charge is -2.43. The number of hydrogen-bond acceptors (Lipinski definition) is 4. The van der Waals surface area contributed by atoms with Crippen molar-refractivity contribution in [3.63, 3.8) is 0 Å². The van der Waals surface area contributed by atoms with E-state index in [1.54, 1.807) is 0 Å². The average Bonchev–Trinajstić information content (AvgIpc) is 2.42. The lowest BCUT2D eigenvalue weighted by Crippen LogP contribution is -2.52. The normalized spacial score (nSPS) is 31.7. The number of likely N-dealkylation sites (N-methyl/N-ethyl adjacent to an activating group) is 1. The molecule has 0 aromatic rings. The summed E-state index contributed by atoms with van der Waals surface area (Å²) in [5.41, 5.74) is 6.88. The summed E-state index contributed by atoms with van der Waals surface area (Å²) in [7, 11) is 4.31. The Morgan fingerprint density at radius 1 is 1.10 bits per heavy atom. The lowest BCUT2D eigenvalue weighted by molar-refractivity contribution is 0.0764. The zero-order valence-corrected chi connectivity index (χ0v) is 14.6. The smallest absolute Gasteiger partial charge is 0.0110 e. The summed E-state index contributed by atoms with van der Waals surface area (Å²) in [6, 6.07) is 0.421. The Kier molecular flexibility index (Phi) is 6.06. The molecule has 4 heteroatoms. The highest BCUT2D eigenvalue weighted by molar-refractivity contribution is 4.89. The Labute approximate surface area is 131 Å². The SMILES string of the molecule is CN(C)CCN1CCN(CC2CC(C)(C)CCC2N)CC1. The first-order valence-electron chi connectivity index (χ1n) is 8.71. The number of nitrogens with zero attached hydrogens (tertiary/aromatic N) is 3. The average molecular weight is 297 g/mol. The van der Waals surface area contributed by atoms with Crippen LogP contribution in [0.1, 0.15) is 33.1 Å². The third-order valence-electron chi connectivity index (χ3n) is 5.40. The van der Waals surface area contributed by atoms with Gasteiger partial charge in [0.2, 0.25) is 0 Å². The number of rotatable bonds is 5. The maximum Gasteiger partial charge on any atom is 0.0110 e. The van der Waals surface area contributed by atoms with E-state index in [0.29, 0.717) is 17.4 Å². The van der Waals surface area contributed by atoms with Crippen molar-refractivity contribution >= 4 is 0 Å². The molecule has 2 aliphatic rings. The van der Waals surface area contributed by atoms with E-state index in [9.17, 15) is 0 Å². The summed E-state index contributed by atoms with van der Waals surface area (Å²) in [6.45, 7) is 13.3. The van der Waals surface area contributed by atoms with Gasteiger partial charge in [0, 0.05) is 51.9 Å². The molecule has 2 fully saturated rings. The van der Waals surface area contributed by atoms with E-state index in [2.05, 4.69) is 42.6 Å². The second-order valence-electron chi connectivity index (χ2n) is 8.28. The Morgan fingerprint density at radius 2 is 1.71 bits per heavy atom. The maximum atomic E-state index is 6.38. The third-order valence-corrected chi connectivity index (χ3v) is 5.40. The van der Waals surface area contributed by atoms with Crippen molar-refractivity contribution in [2.75, 3.05) is 59.9 Å². The number of nitrogens with two attached hydrogens (primary N) is 1. The van der Waals surface area contributed by atoms with Crippen LogP contribution in [-0.4, -0.2) is 80.7 Å². The molecule has 2 atom stereocenters.